The van der Waals surface area contributed by atoms with Gasteiger partial charge in [-0.2, -0.15) is 13.2 Å². The molecule has 0 atom stereocenters. The summed E-state index contributed by atoms with van der Waals surface area (Å²) in [7, 11) is 0. The summed E-state index contributed by atoms with van der Waals surface area (Å²) >= 11 is 0. The number of aliphatic hydroxyl groups excluding tert-OH is 2. The fourth-order valence-corrected chi connectivity index (χ4v) is 4.57. The monoisotopic (exact) mass is 656 g/mol. The van der Waals surface area contributed by atoms with Crippen molar-refractivity contribution < 1.29 is 51.9 Å². The SMILES string of the molecule is C=C(CO)C(=O)OCOc1cc(OCOC(=O)C(=C)CO)cc(-c2ccc(-c3ccc(CCCCCC(F)(F)F)cc3)c(CC)c2)c1. The van der Waals surface area contributed by atoms with Crippen LogP contribution in [0.5, 0.6) is 11.5 Å². The molecule has 8 nitrogen and oxygen atoms in total. The maximum atomic E-state index is 12.4. The second-order valence-electron chi connectivity index (χ2n) is 10.7. The number of alkyl halides is 3. The van der Waals surface area contributed by atoms with E-state index in [2.05, 4.69) is 13.2 Å². The van der Waals surface area contributed by atoms with Crippen LogP contribution in [0.2, 0.25) is 0 Å². The second-order valence-corrected chi connectivity index (χ2v) is 10.7. The number of unbranched alkanes of at least 4 members (excludes halogenated alkanes) is 2. The highest BCUT2D eigenvalue weighted by Crippen LogP contribution is 2.34. The molecule has 3 aromatic rings. The van der Waals surface area contributed by atoms with Crippen molar-refractivity contribution in [3.63, 3.8) is 0 Å². The van der Waals surface area contributed by atoms with Crippen LogP contribution in [-0.4, -0.2) is 55.1 Å². The first-order chi connectivity index (χ1) is 22.4. The maximum absolute atomic E-state index is 12.4. The lowest BCUT2D eigenvalue weighted by molar-refractivity contribution is -0.146. The van der Waals surface area contributed by atoms with E-state index in [1.54, 1.807) is 12.1 Å². The van der Waals surface area contributed by atoms with Crippen molar-refractivity contribution in [3.05, 3.63) is 96.1 Å². The third kappa shape index (κ3) is 11.9. The molecule has 0 amide bonds. The molecule has 0 bridgehead atoms. The predicted molar refractivity (Wildman–Crippen MR) is 171 cm³/mol. The fraction of sp³-hybridized carbons (Fsp3) is 0.333. The van der Waals surface area contributed by atoms with Crippen molar-refractivity contribution in [2.24, 2.45) is 0 Å². The lowest BCUT2D eigenvalue weighted by atomic mass is 9.93. The highest BCUT2D eigenvalue weighted by atomic mass is 19.4. The second kappa shape index (κ2) is 17.9. The number of hydrogen-bond acceptors (Lipinski definition) is 8. The zero-order chi connectivity index (χ0) is 34.4. The van der Waals surface area contributed by atoms with Gasteiger partial charge in [0.1, 0.15) is 11.5 Å². The van der Waals surface area contributed by atoms with Crippen molar-refractivity contribution in [1.82, 2.24) is 0 Å². The van der Waals surface area contributed by atoms with Gasteiger partial charge in [0, 0.05) is 12.5 Å². The Bertz CT molecular complexity index is 1480. The number of halogens is 3. The fourth-order valence-electron chi connectivity index (χ4n) is 4.57. The van der Waals surface area contributed by atoms with E-state index in [1.807, 2.05) is 49.4 Å². The van der Waals surface area contributed by atoms with Gasteiger partial charge in [-0.05, 0) is 71.2 Å². The van der Waals surface area contributed by atoms with Crippen molar-refractivity contribution in [2.45, 2.75) is 51.6 Å². The number of rotatable bonds is 18. The minimum Gasteiger partial charge on any atom is -0.457 e. The van der Waals surface area contributed by atoms with E-state index in [9.17, 15) is 22.8 Å². The zero-order valence-corrected chi connectivity index (χ0v) is 26.2. The topological polar surface area (TPSA) is 112 Å². The molecule has 0 aliphatic carbocycles. The van der Waals surface area contributed by atoms with Gasteiger partial charge >= 0.3 is 18.1 Å². The average molecular weight is 657 g/mol. The van der Waals surface area contributed by atoms with Gasteiger partial charge < -0.3 is 29.2 Å². The van der Waals surface area contributed by atoms with Crippen LogP contribution in [-0.2, 0) is 31.9 Å². The summed E-state index contributed by atoms with van der Waals surface area (Å²) in [6.07, 6.45) is -2.07. The van der Waals surface area contributed by atoms with Crippen LogP contribution < -0.4 is 9.47 Å². The number of ether oxygens (including phenoxy) is 4. The Balaban J connectivity index is 1.78. The van der Waals surface area contributed by atoms with E-state index in [-0.39, 0.29) is 29.1 Å². The van der Waals surface area contributed by atoms with Crippen LogP contribution in [0.4, 0.5) is 13.2 Å². The molecule has 3 aromatic carbocycles. The Morgan fingerprint density at radius 2 is 1.28 bits per heavy atom. The summed E-state index contributed by atoms with van der Waals surface area (Å²) < 4.78 is 58.3. The van der Waals surface area contributed by atoms with Crippen molar-refractivity contribution in [3.8, 4) is 33.8 Å². The molecule has 0 saturated carbocycles. The Kier molecular flexibility index (Phi) is 14.0. The standard InChI is InChI=1S/C36H39F3O8/c1-4-27-16-29(13-14-33(27)28-11-9-26(10-12-28)8-6-5-7-15-36(37,38)39)30-17-31(44-22-46-34(42)24(2)20-40)19-32(18-30)45-23-47-35(43)25(3)21-41/h9-14,16-19,40-41H,2-8,15,20-23H2,1H3. The van der Waals surface area contributed by atoms with Crippen molar-refractivity contribution in [2.75, 3.05) is 26.8 Å². The molecule has 0 heterocycles. The first-order valence-electron chi connectivity index (χ1n) is 15.1. The van der Waals surface area contributed by atoms with Gasteiger partial charge in [-0.3, -0.25) is 0 Å². The zero-order valence-electron chi connectivity index (χ0n) is 26.2. The number of aryl methyl sites for hydroxylation is 2. The first kappa shape index (κ1) is 36.9. The lowest BCUT2D eigenvalue weighted by Crippen LogP contribution is -2.14. The summed E-state index contributed by atoms with van der Waals surface area (Å²) in [5.41, 5.74) is 5.43. The van der Waals surface area contributed by atoms with Gasteiger partial charge in [-0.15, -0.1) is 0 Å². The third-order valence-electron chi connectivity index (χ3n) is 7.18. The number of esters is 2. The highest BCUT2D eigenvalue weighted by molar-refractivity contribution is 5.88. The molecular formula is C36H39F3O8. The minimum atomic E-state index is -4.11. The van der Waals surface area contributed by atoms with E-state index in [0.717, 1.165) is 34.2 Å². The van der Waals surface area contributed by atoms with Gasteiger partial charge in [0.15, 0.2) is 0 Å². The third-order valence-corrected chi connectivity index (χ3v) is 7.18. The molecule has 252 valence electrons. The molecule has 47 heavy (non-hydrogen) atoms. The van der Waals surface area contributed by atoms with Crippen LogP contribution in [0.15, 0.2) is 85.0 Å². The normalized spacial score (nSPS) is 11.1. The molecule has 0 spiro atoms. The quantitative estimate of drug-likeness (QED) is 0.0646. The average Bonchev–Trinajstić information content (AvgIpc) is 3.06. The van der Waals surface area contributed by atoms with Crippen molar-refractivity contribution in [1.29, 1.82) is 0 Å². The lowest BCUT2D eigenvalue weighted by Gasteiger charge is -2.15. The molecule has 0 aliphatic heterocycles. The van der Waals surface area contributed by atoms with E-state index < -0.39 is 51.3 Å². The smallest absolute Gasteiger partial charge is 0.389 e. The molecule has 3 rings (SSSR count). The summed E-state index contributed by atoms with van der Waals surface area (Å²) in [4.78, 5) is 23.7. The Labute approximate surface area is 272 Å². The van der Waals surface area contributed by atoms with Gasteiger partial charge in [0.05, 0.1) is 24.4 Å². The van der Waals surface area contributed by atoms with E-state index >= 15 is 0 Å². The molecule has 0 aromatic heterocycles. The van der Waals surface area contributed by atoms with Crippen molar-refractivity contribution >= 4 is 11.9 Å². The molecule has 11 heteroatoms. The predicted octanol–water partition coefficient (Wildman–Crippen LogP) is 7.10. The molecular weight excluding hydrogens is 617 g/mol. The number of benzene rings is 3. The maximum Gasteiger partial charge on any atom is 0.389 e. The van der Waals surface area contributed by atoms with E-state index in [1.165, 1.54) is 6.07 Å². The number of carbonyl (C=O) groups excluding carboxylic acids is 2. The first-order valence-corrected chi connectivity index (χ1v) is 15.1. The summed E-state index contributed by atoms with van der Waals surface area (Å²) in [6, 6.07) is 18.9. The van der Waals surface area contributed by atoms with Crippen LogP contribution in [0.25, 0.3) is 22.3 Å². The van der Waals surface area contributed by atoms with Crippen LogP contribution in [0, 0.1) is 0 Å². The molecule has 0 aliphatic rings. The molecule has 0 unspecified atom stereocenters. The molecule has 2 N–H and O–H groups in total. The number of carbonyl (C=O) groups is 2. The number of aliphatic hydroxyl groups is 2. The summed E-state index contributed by atoms with van der Waals surface area (Å²) in [5.74, 6) is -1.06. The number of hydrogen-bond donors (Lipinski definition) is 2. The highest BCUT2D eigenvalue weighted by Gasteiger charge is 2.25. The molecule has 0 radical (unpaired) electrons. The summed E-state index contributed by atoms with van der Waals surface area (Å²) in [5, 5.41) is 18.1. The Hall–Kier alpha value is -4.61. The summed E-state index contributed by atoms with van der Waals surface area (Å²) in [6.45, 7) is 6.83. The van der Waals surface area contributed by atoms with Crippen LogP contribution in [0.3, 0.4) is 0 Å². The van der Waals surface area contributed by atoms with Crippen LogP contribution >= 0.6 is 0 Å². The Morgan fingerprint density at radius 1 is 0.723 bits per heavy atom. The van der Waals surface area contributed by atoms with Gasteiger partial charge in [-0.25, -0.2) is 9.59 Å². The molecule has 0 saturated heterocycles. The van der Waals surface area contributed by atoms with Gasteiger partial charge in [0.25, 0.3) is 0 Å². The van der Waals surface area contributed by atoms with Gasteiger partial charge in [-0.1, -0.05) is 69.0 Å². The van der Waals surface area contributed by atoms with Gasteiger partial charge in [0.2, 0.25) is 13.6 Å². The van der Waals surface area contributed by atoms with Crippen LogP contribution in [0.1, 0.15) is 43.7 Å². The minimum absolute atomic E-state index is 0.126. The largest absolute Gasteiger partial charge is 0.457 e. The van der Waals surface area contributed by atoms with E-state index in [4.69, 9.17) is 29.2 Å². The van der Waals surface area contributed by atoms with E-state index in [0.29, 0.717) is 24.8 Å². The Morgan fingerprint density at radius 3 is 1.79 bits per heavy atom. The molecule has 0 fully saturated rings.